The molecule has 0 aliphatic heterocycles. The first-order valence-electron chi connectivity index (χ1n) is 6.52. The molecular formula is C15H18N4. The number of nitrogens with zero attached hydrogens (tertiary/aromatic N) is 3. The standard InChI is InChI=1S/C15H18N4/c1-3-19(4-2)15-13(10-17)8-12-7-11(9-16)5-6-14(12)18-15/h5-8H,3-4,9,16H2,1-2H3. The van der Waals surface area contributed by atoms with Crippen molar-refractivity contribution in [1.29, 1.82) is 5.26 Å². The highest BCUT2D eigenvalue weighted by atomic mass is 15.2. The maximum atomic E-state index is 9.30. The molecule has 0 atom stereocenters. The lowest BCUT2D eigenvalue weighted by atomic mass is 10.1. The van der Waals surface area contributed by atoms with Crippen LogP contribution in [0.5, 0.6) is 0 Å². The van der Waals surface area contributed by atoms with Crippen LogP contribution in [-0.2, 0) is 6.54 Å². The fraction of sp³-hybridized carbons (Fsp3) is 0.333. The molecule has 0 amide bonds. The molecule has 0 saturated heterocycles. The molecule has 2 N–H and O–H groups in total. The third-order valence-electron chi connectivity index (χ3n) is 3.28. The second-order valence-corrected chi connectivity index (χ2v) is 4.37. The highest BCUT2D eigenvalue weighted by Gasteiger charge is 2.11. The predicted molar refractivity (Wildman–Crippen MR) is 77.9 cm³/mol. The molecule has 0 fully saturated rings. The summed E-state index contributed by atoms with van der Waals surface area (Å²) >= 11 is 0. The minimum Gasteiger partial charge on any atom is -0.356 e. The molecule has 2 aromatic rings. The molecular weight excluding hydrogens is 236 g/mol. The molecule has 1 heterocycles. The van der Waals surface area contributed by atoms with Gasteiger partial charge in [-0.3, -0.25) is 0 Å². The Bertz CT molecular complexity index is 624. The quantitative estimate of drug-likeness (QED) is 0.910. The monoisotopic (exact) mass is 254 g/mol. The zero-order chi connectivity index (χ0) is 13.8. The van der Waals surface area contributed by atoms with Crippen LogP contribution in [-0.4, -0.2) is 18.1 Å². The lowest BCUT2D eigenvalue weighted by Gasteiger charge is -2.21. The van der Waals surface area contributed by atoms with Gasteiger partial charge in [-0.15, -0.1) is 0 Å². The number of benzene rings is 1. The van der Waals surface area contributed by atoms with Crippen LogP contribution in [0.3, 0.4) is 0 Å². The van der Waals surface area contributed by atoms with Crippen molar-refractivity contribution in [2.75, 3.05) is 18.0 Å². The summed E-state index contributed by atoms with van der Waals surface area (Å²) in [5.74, 6) is 0.764. The van der Waals surface area contributed by atoms with Crippen LogP contribution >= 0.6 is 0 Å². The Morgan fingerprint density at radius 2 is 2.00 bits per heavy atom. The number of fused-ring (bicyclic) bond motifs is 1. The lowest BCUT2D eigenvalue weighted by molar-refractivity contribution is 0.847. The highest BCUT2D eigenvalue weighted by molar-refractivity contribution is 5.83. The summed E-state index contributed by atoms with van der Waals surface area (Å²) in [5, 5.41) is 10.3. The zero-order valence-corrected chi connectivity index (χ0v) is 11.3. The van der Waals surface area contributed by atoms with Gasteiger partial charge in [0.25, 0.3) is 0 Å². The molecule has 4 heteroatoms. The number of anilines is 1. The van der Waals surface area contributed by atoms with Crippen LogP contribution < -0.4 is 10.6 Å². The van der Waals surface area contributed by atoms with Crippen LogP contribution in [0.4, 0.5) is 5.82 Å². The Labute approximate surface area is 113 Å². The van der Waals surface area contributed by atoms with Crippen molar-refractivity contribution < 1.29 is 0 Å². The third kappa shape index (κ3) is 2.51. The van der Waals surface area contributed by atoms with Gasteiger partial charge in [-0.05, 0) is 37.6 Å². The molecule has 0 spiro atoms. The van der Waals surface area contributed by atoms with Crippen molar-refractivity contribution in [3.63, 3.8) is 0 Å². The van der Waals surface area contributed by atoms with E-state index in [1.807, 2.05) is 24.3 Å². The fourth-order valence-corrected chi connectivity index (χ4v) is 2.19. The van der Waals surface area contributed by atoms with Gasteiger partial charge >= 0.3 is 0 Å². The highest BCUT2D eigenvalue weighted by Crippen LogP contribution is 2.23. The Balaban J connectivity index is 2.63. The summed E-state index contributed by atoms with van der Waals surface area (Å²) in [4.78, 5) is 6.72. The lowest BCUT2D eigenvalue weighted by Crippen LogP contribution is -2.24. The van der Waals surface area contributed by atoms with E-state index in [0.29, 0.717) is 12.1 Å². The van der Waals surface area contributed by atoms with E-state index in [4.69, 9.17) is 5.73 Å². The predicted octanol–water partition coefficient (Wildman–Crippen LogP) is 2.41. The summed E-state index contributed by atoms with van der Waals surface area (Å²) in [6, 6.07) is 10.1. The fourth-order valence-electron chi connectivity index (χ4n) is 2.19. The van der Waals surface area contributed by atoms with Gasteiger partial charge in [0, 0.05) is 25.0 Å². The number of nitrogens with two attached hydrogens (primary N) is 1. The zero-order valence-electron chi connectivity index (χ0n) is 11.3. The second-order valence-electron chi connectivity index (χ2n) is 4.37. The third-order valence-corrected chi connectivity index (χ3v) is 3.28. The molecule has 19 heavy (non-hydrogen) atoms. The van der Waals surface area contributed by atoms with Crippen molar-refractivity contribution in [3.8, 4) is 6.07 Å². The number of aromatic nitrogens is 1. The normalized spacial score (nSPS) is 10.4. The number of pyridine rings is 1. The van der Waals surface area contributed by atoms with Gasteiger partial charge in [-0.2, -0.15) is 5.26 Å². The van der Waals surface area contributed by atoms with E-state index >= 15 is 0 Å². The maximum Gasteiger partial charge on any atom is 0.147 e. The Morgan fingerprint density at radius 1 is 1.26 bits per heavy atom. The molecule has 0 bridgehead atoms. The Morgan fingerprint density at radius 3 is 2.58 bits per heavy atom. The van der Waals surface area contributed by atoms with Crippen LogP contribution in [0, 0.1) is 11.3 Å². The van der Waals surface area contributed by atoms with Crippen molar-refractivity contribution in [1.82, 2.24) is 4.98 Å². The molecule has 1 aromatic carbocycles. The molecule has 0 saturated carbocycles. The Kier molecular flexibility index (Phi) is 3.98. The van der Waals surface area contributed by atoms with Crippen LogP contribution in [0.1, 0.15) is 25.0 Å². The average molecular weight is 254 g/mol. The topological polar surface area (TPSA) is 65.9 Å². The summed E-state index contributed by atoms with van der Waals surface area (Å²) in [6.45, 7) is 6.30. The van der Waals surface area contributed by atoms with Crippen molar-refractivity contribution >= 4 is 16.7 Å². The van der Waals surface area contributed by atoms with Gasteiger partial charge in [-0.25, -0.2) is 4.98 Å². The number of hydrogen-bond acceptors (Lipinski definition) is 4. The first-order valence-corrected chi connectivity index (χ1v) is 6.52. The molecule has 0 unspecified atom stereocenters. The van der Waals surface area contributed by atoms with Crippen LogP contribution in [0.2, 0.25) is 0 Å². The minimum atomic E-state index is 0.496. The molecule has 0 aliphatic carbocycles. The molecule has 4 nitrogen and oxygen atoms in total. The van der Waals surface area contributed by atoms with Crippen molar-refractivity contribution in [2.45, 2.75) is 20.4 Å². The van der Waals surface area contributed by atoms with E-state index in [1.54, 1.807) is 0 Å². The van der Waals surface area contributed by atoms with Crippen molar-refractivity contribution in [3.05, 3.63) is 35.4 Å². The van der Waals surface area contributed by atoms with Gasteiger partial charge < -0.3 is 10.6 Å². The smallest absolute Gasteiger partial charge is 0.147 e. The summed E-state index contributed by atoms with van der Waals surface area (Å²) < 4.78 is 0. The van der Waals surface area contributed by atoms with Crippen molar-refractivity contribution in [2.24, 2.45) is 5.73 Å². The first kappa shape index (κ1) is 13.3. The second kappa shape index (κ2) is 5.68. The van der Waals surface area contributed by atoms with E-state index in [-0.39, 0.29) is 0 Å². The van der Waals surface area contributed by atoms with Gasteiger partial charge in [0.2, 0.25) is 0 Å². The van der Waals surface area contributed by atoms with Gasteiger partial charge in [-0.1, -0.05) is 6.07 Å². The largest absolute Gasteiger partial charge is 0.356 e. The number of hydrogen-bond donors (Lipinski definition) is 1. The molecule has 98 valence electrons. The summed E-state index contributed by atoms with van der Waals surface area (Å²) in [6.07, 6.45) is 0. The van der Waals surface area contributed by atoms with E-state index in [2.05, 4.69) is 29.8 Å². The van der Waals surface area contributed by atoms with E-state index in [9.17, 15) is 5.26 Å². The van der Waals surface area contributed by atoms with E-state index < -0.39 is 0 Å². The van der Waals surface area contributed by atoms with Gasteiger partial charge in [0.15, 0.2) is 0 Å². The molecule has 2 rings (SSSR count). The van der Waals surface area contributed by atoms with Crippen LogP contribution in [0.25, 0.3) is 10.9 Å². The Hall–Kier alpha value is -2.12. The maximum absolute atomic E-state index is 9.30. The van der Waals surface area contributed by atoms with E-state index in [0.717, 1.165) is 35.4 Å². The number of nitriles is 1. The van der Waals surface area contributed by atoms with Gasteiger partial charge in [0.05, 0.1) is 11.1 Å². The van der Waals surface area contributed by atoms with E-state index in [1.165, 1.54) is 0 Å². The van der Waals surface area contributed by atoms with Crippen LogP contribution in [0.15, 0.2) is 24.3 Å². The average Bonchev–Trinajstić information content (AvgIpc) is 2.47. The SMILES string of the molecule is CCN(CC)c1nc2ccc(CN)cc2cc1C#N. The van der Waals surface area contributed by atoms with Gasteiger partial charge in [0.1, 0.15) is 11.9 Å². The number of rotatable bonds is 4. The summed E-state index contributed by atoms with van der Waals surface area (Å²) in [7, 11) is 0. The molecule has 0 radical (unpaired) electrons. The molecule has 1 aromatic heterocycles. The summed E-state index contributed by atoms with van der Waals surface area (Å²) in [5.41, 5.74) is 8.21. The first-order chi connectivity index (χ1) is 9.23. The minimum absolute atomic E-state index is 0.496. The molecule has 0 aliphatic rings.